The quantitative estimate of drug-likeness (QED) is 0.0188. The van der Waals surface area contributed by atoms with Crippen LogP contribution in [0.4, 0.5) is 0 Å². The topological polar surface area (TPSA) is 172 Å². The number of phosphoric acid groups is 1. The second kappa shape index (κ2) is 31.3. The van der Waals surface area contributed by atoms with Crippen LogP contribution in [0.15, 0.2) is 24.3 Å². The van der Waals surface area contributed by atoms with E-state index in [1.165, 1.54) is 51.4 Å². The third kappa shape index (κ3) is 27.9. The molecule has 0 saturated heterocycles. The first-order valence-corrected chi connectivity index (χ1v) is 23.3. The molecule has 1 unspecified atom stereocenters. The van der Waals surface area contributed by atoms with Crippen molar-refractivity contribution in [2.24, 2.45) is 11.8 Å². The number of allylic oxidation sites excluding steroid dienone is 2. The van der Waals surface area contributed by atoms with E-state index in [9.17, 15) is 34.4 Å². The van der Waals surface area contributed by atoms with Gasteiger partial charge in [0.1, 0.15) is 19.8 Å². The molecule has 7 atom stereocenters. The van der Waals surface area contributed by atoms with Crippen molar-refractivity contribution in [1.29, 1.82) is 0 Å². The molecule has 56 heavy (non-hydrogen) atoms. The maximum Gasteiger partial charge on any atom is 0.306 e. The lowest BCUT2D eigenvalue weighted by atomic mass is 9.89. The minimum atomic E-state index is -4.69. The lowest BCUT2D eigenvalue weighted by Crippen LogP contribution is -2.37. The van der Waals surface area contributed by atoms with Crippen molar-refractivity contribution in [2.75, 3.05) is 47.5 Å². The number of nitrogens with zero attached hydrogens (tertiary/aromatic N) is 1. The van der Waals surface area contributed by atoms with Crippen molar-refractivity contribution in [3.8, 4) is 0 Å². The highest BCUT2D eigenvalue weighted by Gasteiger charge is 2.39. The third-order valence-corrected chi connectivity index (χ3v) is 11.3. The summed E-state index contributed by atoms with van der Waals surface area (Å²) < 4.78 is 33.8. The van der Waals surface area contributed by atoms with Gasteiger partial charge in [0.05, 0.1) is 46.1 Å². The first-order valence-electron chi connectivity index (χ1n) is 21.8. The zero-order valence-corrected chi connectivity index (χ0v) is 36.6. The van der Waals surface area contributed by atoms with Crippen molar-refractivity contribution >= 4 is 19.8 Å². The first-order chi connectivity index (χ1) is 26.7. The van der Waals surface area contributed by atoms with Crippen molar-refractivity contribution in [2.45, 2.75) is 180 Å². The van der Waals surface area contributed by atoms with Gasteiger partial charge < -0.3 is 43.2 Å². The molecule has 3 N–H and O–H groups in total. The van der Waals surface area contributed by atoms with Gasteiger partial charge in [-0.3, -0.25) is 14.2 Å². The highest BCUT2D eigenvalue weighted by molar-refractivity contribution is 7.45. The number of hydrogen-bond acceptors (Lipinski definition) is 11. The number of quaternary nitrogens is 1. The van der Waals surface area contributed by atoms with E-state index in [1.807, 2.05) is 39.4 Å². The molecule has 0 aromatic carbocycles. The van der Waals surface area contributed by atoms with Gasteiger partial charge in [0.2, 0.25) is 0 Å². The molecule has 1 fully saturated rings. The molecule has 328 valence electrons. The molecule has 0 aromatic heterocycles. The van der Waals surface area contributed by atoms with Crippen LogP contribution in [0.2, 0.25) is 0 Å². The van der Waals surface area contributed by atoms with E-state index < -0.39 is 50.8 Å². The molecule has 1 rings (SSSR count). The van der Waals surface area contributed by atoms with Gasteiger partial charge in [0, 0.05) is 25.2 Å². The van der Waals surface area contributed by atoms with Gasteiger partial charge in [-0.2, -0.15) is 0 Å². The minimum absolute atomic E-state index is 0.0503. The molecule has 0 spiro atoms. The fourth-order valence-corrected chi connectivity index (χ4v) is 7.49. The Labute approximate surface area is 339 Å². The van der Waals surface area contributed by atoms with Crippen LogP contribution in [0.3, 0.4) is 0 Å². The summed E-state index contributed by atoms with van der Waals surface area (Å²) in [5.74, 6) is -1.45. The highest BCUT2D eigenvalue weighted by Crippen LogP contribution is 2.38. The van der Waals surface area contributed by atoms with Gasteiger partial charge in [0.25, 0.3) is 7.82 Å². The fraction of sp³-hybridized carbons (Fsp3) is 0.860. The lowest BCUT2D eigenvalue weighted by molar-refractivity contribution is -0.870. The number of carbonyl (C=O) groups is 2. The zero-order valence-electron chi connectivity index (χ0n) is 35.7. The predicted molar refractivity (Wildman–Crippen MR) is 219 cm³/mol. The number of hydrogen-bond donors (Lipinski definition) is 3. The van der Waals surface area contributed by atoms with Crippen molar-refractivity contribution in [1.82, 2.24) is 0 Å². The molecular formula is C43H80NO11P. The number of aliphatic hydroxyl groups is 3. The Hall–Kier alpha value is -1.63. The number of phosphoric ester groups is 1. The van der Waals surface area contributed by atoms with E-state index in [4.69, 9.17) is 18.5 Å². The van der Waals surface area contributed by atoms with E-state index in [-0.39, 0.29) is 44.3 Å². The Morgan fingerprint density at radius 2 is 1.38 bits per heavy atom. The van der Waals surface area contributed by atoms with Crippen molar-refractivity contribution in [3.05, 3.63) is 24.3 Å². The van der Waals surface area contributed by atoms with E-state index >= 15 is 0 Å². The fourth-order valence-electron chi connectivity index (χ4n) is 6.77. The molecule has 0 bridgehead atoms. The van der Waals surface area contributed by atoms with Crippen LogP contribution in [0.5, 0.6) is 0 Å². The Balaban J connectivity index is 2.54. The van der Waals surface area contributed by atoms with E-state index in [0.29, 0.717) is 43.1 Å². The summed E-state index contributed by atoms with van der Waals surface area (Å²) in [6.07, 6.45) is 24.4. The van der Waals surface area contributed by atoms with Crippen molar-refractivity contribution in [3.63, 3.8) is 0 Å². The molecule has 0 heterocycles. The molecule has 0 radical (unpaired) electrons. The Morgan fingerprint density at radius 1 is 0.786 bits per heavy atom. The van der Waals surface area contributed by atoms with Crippen LogP contribution >= 0.6 is 7.82 Å². The van der Waals surface area contributed by atoms with Crippen molar-refractivity contribution < 1.29 is 57.4 Å². The molecule has 1 aliphatic carbocycles. The molecule has 1 saturated carbocycles. The normalized spacial score (nSPS) is 21.1. The molecule has 0 aromatic rings. The van der Waals surface area contributed by atoms with Crippen LogP contribution in [0.1, 0.15) is 155 Å². The average Bonchev–Trinajstić information content (AvgIpc) is 3.40. The van der Waals surface area contributed by atoms with Gasteiger partial charge >= 0.3 is 11.9 Å². The maximum atomic E-state index is 12.8. The van der Waals surface area contributed by atoms with Gasteiger partial charge in [-0.25, -0.2) is 0 Å². The minimum Gasteiger partial charge on any atom is -0.756 e. The Morgan fingerprint density at radius 3 is 2.00 bits per heavy atom. The summed E-state index contributed by atoms with van der Waals surface area (Å²) in [6.45, 7) is 3.83. The van der Waals surface area contributed by atoms with Gasteiger partial charge in [-0.1, -0.05) is 128 Å². The zero-order chi connectivity index (χ0) is 41.7. The van der Waals surface area contributed by atoms with Crippen LogP contribution in [-0.4, -0.2) is 104 Å². The number of rotatable bonds is 35. The monoisotopic (exact) mass is 818 g/mol. The number of esters is 2. The number of aliphatic hydroxyl groups excluding tert-OH is 3. The molecule has 1 aliphatic rings. The summed E-state index contributed by atoms with van der Waals surface area (Å²) >= 11 is 0. The van der Waals surface area contributed by atoms with Crippen LogP contribution in [0, 0.1) is 11.8 Å². The lowest BCUT2D eigenvalue weighted by Gasteiger charge is -2.28. The van der Waals surface area contributed by atoms with Gasteiger partial charge in [-0.05, 0) is 38.0 Å². The van der Waals surface area contributed by atoms with E-state index in [2.05, 4.69) is 13.8 Å². The molecule has 0 aliphatic heterocycles. The largest absolute Gasteiger partial charge is 0.756 e. The summed E-state index contributed by atoms with van der Waals surface area (Å²) in [6, 6.07) is 0. The number of ether oxygens (including phenoxy) is 2. The van der Waals surface area contributed by atoms with Crippen LogP contribution in [0.25, 0.3) is 0 Å². The average molecular weight is 818 g/mol. The third-order valence-electron chi connectivity index (χ3n) is 10.3. The first kappa shape index (κ1) is 52.4. The standard InChI is InChI=1S/C43H80NO11P/c1-6-8-10-11-12-13-14-15-16-17-18-23-27-42(48)52-34-37(35-54-56(50,51)53-32-31-44(3,4)5)55-43(49)28-24-20-19-22-26-38-39(41(47)33-40(38)46)30-29-36(45)25-21-9-7-2/h19,22,29-30,36-41,45-47H,6-18,20-21,23-28,31-35H2,1-5H3/b22-19+,30-29+/t36-,37+,38+,39+,40-,41+/m0/s1. The second-order valence-electron chi connectivity index (χ2n) is 16.7. The molecule has 0 amide bonds. The summed E-state index contributed by atoms with van der Waals surface area (Å²) in [5, 5.41) is 31.3. The predicted octanol–water partition coefficient (Wildman–Crippen LogP) is 7.71. The Bertz CT molecular complexity index is 1130. The highest BCUT2D eigenvalue weighted by atomic mass is 31.2. The number of likely N-dealkylation sites (N-methyl/N-ethyl adjacent to an activating group) is 1. The smallest absolute Gasteiger partial charge is 0.306 e. The SMILES string of the molecule is CCCCCCCCCCCCCCC(=O)OC[C@H](COP(=O)([O-])OCC[N+](C)(C)C)OC(=O)CCC/C=C/C[C@@H]1[C@@H](/C=C/[C@@H](O)CCCCC)[C@H](O)C[C@@H]1O. The maximum absolute atomic E-state index is 12.8. The summed E-state index contributed by atoms with van der Waals surface area (Å²) in [4.78, 5) is 37.7. The molecule has 12 nitrogen and oxygen atoms in total. The number of unbranched alkanes of at least 4 members (excludes halogenated alkanes) is 14. The van der Waals surface area contributed by atoms with Gasteiger partial charge in [0.15, 0.2) is 6.10 Å². The Kier molecular flexibility index (Phi) is 29.3. The number of carbonyl (C=O) groups excluding carboxylic acids is 2. The van der Waals surface area contributed by atoms with Crippen LogP contribution < -0.4 is 4.89 Å². The van der Waals surface area contributed by atoms with E-state index in [0.717, 1.165) is 38.5 Å². The van der Waals surface area contributed by atoms with Crippen LogP contribution in [-0.2, 0) is 32.7 Å². The van der Waals surface area contributed by atoms with Gasteiger partial charge in [-0.15, -0.1) is 0 Å². The van der Waals surface area contributed by atoms with E-state index in [1.54, 1.807) is 6.08 Å². The molecule has 13 heteroatoms. The summed E-state index contributed by atoms with van der Waals surface area (Å²) in [7, 11) is 1.02. The summed E-state index contributed by atoms with van der Waals surface area (Å²) in [5.41, 5.74) is 0. The molecular weight excluding hydrogens is 737 g/mol. The second-order valence-corrected chi connectivity index (χ2v) is 18.1.